The molecule has 19 heavy (non-hydrogen) atoms. The molecule has 0 atom stereocenters. The zero-order valence-corrected chi connectivity index (χ0v) is 12.9. The van der Waals surface area contributed by atoms with Crippen LogP contribution >= 0.6 is 15.9 Å². The van der Waals surface area contributed by atoms with Gasteiger partial charge in [-0.05, 0) is 59.1 Å². The fourth-order valence-corrected chi connectivity index (χ4v) is 2.64. The van der Waals surface area contributed by atoms with Crippen molar-refractivity contribution in [1.82, 2.24) is 4.57 Å². The van der Waals surface area contributed by atoms with Crippen LogP contribution in [0.1, 0.15) is 22.5 Å². The van der Waals surface area contributed by atoms with E-state index >= 15 is 0 Å². The minimum Gasteiger partial charge on any atom is -0.380 e. The van der Waals surface area contributed by atoms with E-state index in [0.717, 1.165) is 21.4 Å². The Labute approximate surface area is 122 Å². The van der Waals surface area contributed by atoms with Gasteiger partial charge in [-0.15, -0.1) is 0 Å². The third kappa shape index (κ3) is 2.82. The van der Waals surface area contributed by atoms with E-state index < -0.39 is 0 Å². The molecule has 1 N–H and O–H groups in total. The highest BCUT2D eigenvalue weighted by molar-refractivity contribution is 9.10. The van der Waals surface area contributed by atoms with Crippen LogP contribution in [0.2, 0.25) is 0 Å². The first-order valence-corrected chi connectivity index (χ1v) is 6.87. The number of anilines is 1. The van der Waals surface area contributed by atoms with E-state index in [1.807, 2.05) is 24.6 Å². The number of rotatable bonds is 3. The smallest absolute Gasteiger partial charge is 0.120 e. The van der Waals surface area contributed by atoms with Crippen molar-refractivity contribution in [3.8, 4) is 6.07 Å². The third-order valence-corrected chi connectivity index (χ3v) is 4.00. The molecule has 1 heterocycles. The summed E-state index contributed by atoms with van der Waals surface area (Å²) < 4.78 is 2.97. The zero-order chi connectivity index (χ0) is 14.0. The molecule has 0 unspecified atom stereocenters. The summed E-state index contributed by atoms with van der Waals surface area (Å²) in [6.45, 7) is 4.81. The Morgan fingerprint density at radius 1 is 1.32 bits per heavy atom. The molecule has 0 fully saturated rings. The van der Waals surface area contributed by atoms with Gasteiger partial charge >= 0.3 is 0 Å². The molecule has 2 aromatic rings. The predicted molar refractivity (Wildman–Crippen MR) is 81.1 cm³/mol. The predicted octanol–water partition coefficient (Wildman–Crippen LogP) is 3.89. The lowest BCUT2D eigenvalue weighted by atomic mass is 10.2. The van der Waals surface area contributed by atoms with Crippen molar-refractivity contribution in [3.05, 3.63) is 51.3 Å². The average Bonchev–Trinajstić information content (AvgIpc) is 2.65. The Morgan fingerprint density at radius 3 is 2.63 bits per heavy atom. The molecule has 98 valence electrons. The Kier molecular flexibility index (Phi) is 3.96. The SMILES string of the molecule is Cc1ccc(NCc2cc(C#N)n(C)c2C)c(Br)c1. The van der Waals surface area contributed by atoms with Crippen molar-refractivity contribution < 1.29 is 0 Å². The summed E-state index contributed by atoms with van der Waals surface area (Å²) in [6, 6.07) is 10.4. The first kappa shape index (κ1) is 13.7. The van der Waals surface area contributed by atoms with Crippen LogP contribution in [-0.4, -0.2) is 4.57 Å². The topological polar surface area (TPSA) is 40.8 Å². The highest BCUT2D eigenvalue weighted by Crippen LogP contribution is 2.24. The van der Waals surface area contributed by atoms with E-state index in [2.05, 4.69) is 52.4 Å². The van der Waals surface area contributed by atoms with Gasteiger partial charge in [-0.25, -0.2) is 0 Å². The van der Waals surface area contributed by atoms with Crippen LogP contribution in [0.5, 0.6) is 0 Å². The van der Waals surface area contributed by atoms with Crippen molar-refractivity contribution >= 4 is 21.6 Å². The van der Waals surface area contributed by atoms with Crippen LogP contribution in [0.15, 0.2) is 28.7 Å². The van der Waals surface area contributed by atoms with Crippen LogP contribution in [0.4, 0.5) is 5.69 Å². The second-order valence-electron chi connectivity index (χ2n) is 4.65. The Morgan fingerprint density at radius 2 is 2.05 bits per heavy atom. The maximum atomic E-state index is 9.02. The van der Waals surface area contributed by atoms with Crippen molar-refractivity contribution in [1.29, 1.82) is 5.26 Å². The molecule has 4 heteroatoms. The molecule has 0 saturated heterocycles. The maximum absolute atomic E-state index is 9.02. The quantitative estimate of drug-likeness (QED) is 0.933. The first-order valence-electron chi connectivity index (χ1n) is 6.08. The summed E-state index contributed by atoms with van der Waals surface area (Å²) in [7, 11) is 1.92. The van der Waals surface area contributed by atoms with Gasteiger partial charge in [-0.3, -0.25) is 0 Å². The standard InChI is InChI=1S/C15H16BrN3/c1-10-4-5-15(14(16)6-10)18-9-12-7-13(8-17)19(3)11(12)2/h4-7,18H,9H2,1-3H3. The van der Waals surface area contributed by atoms with Gasteiger partial charge < -0.3 is 9.88 Å². The van der Waals surface area contributed by atoms with Gasteiger partial charge in [0.1, 0.15) is 11.8 Å². The number of hydrogen-bond acceptors (Lipinski definition) is 2. The molecule has 1 aromatic carbocycles. The molecule has 0 saturated carbocycles. The average molecular weight is 318 g/mol. The van der Waals surface area contributed by atoms with E-state index in [1.165, 1.54) is 5.56 Å². The molecule has 0 aliphatic rings. The molecular formula is C15H16BrN3. The number of aryl methyl sites for hydroxylation is 1. The molecule has 3 nitrogen and oxygen atoms in total. The molecular weight excluding hydrogens is 302 g/mol. The summed E-state index contributed by atoms with van der Waals surface area (Å²) in [6.07, 6.45) is 0. The van der Waals surface area contributed by atoms with E-state index in [9.17, 15) is 0 Å². The van der Waals surface area contributed by atoms with E-state index in [1.54, 1.807) is 0 Å². The summed E-state index contributed by atoms with van der Waals surface area (Å²) in [5.74, 6) is 0. The molecule has 0 amide bonds. The Balaban J connectivity index is 2.17. The molecule has 0 spiro atoms. The second kappa shape index (κ2) is 5.50. The number of hydrogen-bond donors (Lipinski definition) is 1. The van der Waals surface area contributed by atoms with Crippen LogP contribution in [-0.2, 0) is 13.6 Å². The fourth-order valence-electron chi connectivity index (χ4n) is 2.00. The van der Waals surface area contributed by atoms with Gasteiger partial charge in [0.15, 0.2) is 0 Å². The highest BCUT2D eigenvalue weighted by atomic mass is 79.9. The van der Waals surface area contributed by atoms with E-state index in [4.69, 9.17) is 5.26 Å². The summed E-state index contributed by atoms with van der Waals surface area (Å²) in [5, 5.41) is 12.4. The van der Waals surface area contributed by atoms with Gasteiger partial charge in [0.2, 0.25) is 0 Å². The fraction of sp³-hybridized carbons (Fsp3) is 0.267. The van der Waals surface area contributed by atoms with Crippen molar-refractivity contribution in [3.63, 3.8) is 0 Å². The van der Waals surface area contributed by atoms with Gasteiger partial charge in [-0.1, -0.05) is 6.07 Å². The number of halogens is 1. The van der Waals surface area contributed by atoms with Gasteiger partial charge in [-0.2, -0.15) is 5.26 Å². The van der Waals surface area contributed by atoms with Crippen molar-refractivity contribution in [2.45, 2.75) is 20.4 Å². The highest BCUT2D eigenvalue weighted by Gasteiger charge is 2.08. The number of aromatic nitrogens is 1. The number of nitriles is 1. The number of nitrogens with zero attached hydrogens (tertiary/aromatic N) is 2. The normalized spacial score (nSPS) is 10.3. The van der Waals surface area contributed by atoms with Crippen LogP contribution < -0.4 is 5.32 Å². The zero-order valence-electron chi connectivity index (χ0n) is 11.3. The Hall–Kier alpha value is -1.73. The lowest BCUT2D eigenvalue weighted by Crippen LogP contribution is -2.02. The van der Waals surface area contributed by atoms with Gasteiger partial charge in [0.05, 0.1) is 0 Å². The van der Waals surface area contributed by atoms with Crippen LogP contribution in [0.3, 0.4) is 0 Å². The second-order valence-corrected chi connectivity index (χ2v) is 5.50. The largest absolute Gasteiger partial charge is 0.380 e. The third-order valence-electron chi connectivity index (χ3n) is 3.35. The van der Waals surface area contributed by atoms with E-state index in [-0.39, 0.29) is 0 Å². The van der Waals surface area contributed by atoms with Crippen molar-refractivity contribution in [2.24, 2.45) is 7.05 Å². The van der Waals surface area contributed by atoms with E-state index in [0.29, 0.717) is 12.2 Å². The lowest BCUT2D eigenvalue weighted by molar-refractivity contribution is 0.856. The summed E-state index contributed by atoms with van der Waals surface area (Å²) in [5.41, 5.74) is 5.24. The number of nitrogens with one attached hydrogen (secondary N) is 1. The number of benzene rings is 1. The monoisotopic (exact) mass is 317 g/mol. The minimum absolute atomic E-state index is 0.692. The maximum Gasteiger partial charge on any atom is 0.120 e. The summed E-state index contributed by atoms with van der Waals surface area (Å²) >= 11 is 3.55. The first-order chi connectivity index (χ1) is 9.02. The van der Waals surface area contributed by atoms with Crippen LogP contribution in [0.25, 0.3) is 0 Å². The molecule has 2 rings (SSSR count). The molecule has 0 aliphatic carbocycles. The minimum atomic E-state index is 0.692. The lowest BCUT2D eigenvalue weighted by Gasteiger charge is -2.09. The van der Waals surface area contributed by atoms with Crippen molar-refractivity contribution in [2.75, 3.05) is 5.32 Å². The Bertz CT molecular complexity index is 650. The molecule has 0 radical (unpaired) electrons. The molecule has 0 bridgehead atoms. The van der Waals surface area contributed by atoms with Crippen LogP contribution in [0, 0.1) is 25.2 Å². The molecule has 1 aromatic heterocycles. The van der Waals surface area contributed by atoms with Gasteiger partial charge in [0, 0.05) is 29.4 Å². The molecule has 0 aliphatic heterocycles. The van der Waals surface area contributed by atoms with Gasteiger partial charge in [0.25, 0.3) is 0 Å². The summed E-state index contributed by atoms with van der Waals surface area (Å²) in [4.78, 5) is 0.